The molecule has 2 bridgehead atoms. The van der Waals surface area contributed by atoms with E-state index in [4.69, 9.17) is 4.74 Å². The molecule has 2 heterocycles. The van der Waals surface area contributed by atoms with E-state index in [1.807, 2.05) is 0 Å². The maximum atomic E-state index is 12.3. The van der Waals surface area contributed by atoms with Crippen LogP contribution in [-0.2, 0) is 14.3 Å². The monoisotopic (exact) mass is 261 g/mol. The van der Waals surface area contributed by atoms with Crippen LogP contribution in [0, 0.1) is 0 Å². The van der Waals surface area contributed by atoms with E-state index in [1.54, 1.807) is 31.2 Å². The summed E-state index contributed by atoms with van der Waals surface area (Å²) in [6.07, 6.45) is -0.614. The molecule has 2 amide bonds. The maximum Gasteiger partial charge on any atom is 0.262 e. The number of rotatable bonds is 2. The number of anilines is 1. The lowest BCUT2D eigenvalue weighted by molar-refractivity contribution is -0.146. The van der Waals surface area contributed by atoms with Gasteiger partial charge in [-0.25, -0.2) is 4.90 Å². The van der Waals surface area contributed by atoms with E-state index in [1.165, 1.54) is 4.90 Å². The van der Waals surface area contributed by atoms with Crippen molar-refractivity contribution >= 4 is 17.5 Å². The highest BCUT2D eigenvalue weighted by Crippen LogP contribution is 2.34. The highest BCUT2D eigenvalue weighted by molar-refractivity contribution is 6.20. The van der Waals surface area contributed by atoms with Gasteiger partial charge in [-0.15, -0.1) is 0 Å². The first kappa shape index (κ1) is 12.3. The van der Waals surface area contributed by atoms with E-state index in [9.17, 15) is 14.7 Å². The molecule has 2 aliphatic rings. The highest BCUT2D eigenvalue weighted by atomic mass is 16.5. The predicted molar refractivity (Wildman–Crippen MR) is 67.5 cm³/mol. The zero-order valence-electron chi connectivity index (χ0n) is 10.6. The van der Waals surface area contributed by atoms with Crippen LogP contribution < -0.4 is 4.90 Å². The maximum absolute atomic E-state index is 12.3. The summed E-state index contributed by atoms with van der Waals surface area (Å²) in [4.78, 5) is 25.7. The zero-order valence-corrected chi connectivity index (χ0v) is 10.6. The van der Waals surface area contributed by atoms with Crippen LogP contribution in [0.2, 0.25) is 0 Å². The minimum atomic E-state index is -0.739. The number of imide groups is 1. The van der Waals surface area contributed by atoms with Gasteiger partial charge in [-0.3, -0.25) is 9.59 Å². The van der Waals surface area contributed by atoms with Crippen LogP contribution >= 0.6 is 0 Å². The normalized spacial score (nSPS) is 27.8. The van der Waals surface area contributed by atoms with E-state index in [-0.39, 0.29) is 11.8 Å². The summed E-state index contributed by atoms with van der Waals surface area (Å²) >= 11 is 0. The minimum Gasteiger partial charge on any atom is -0.389 e. The molecule has 3 rings (SSSR count). The summed E-state index contributed by atoms with van der Waals surface area (Å²) in [6.45, 7) is 1.61. The number of amides is 2. The number of aliphatic hydroxyl groups is 1. The Kier molecular flexibility index (Phi) is 2.88. The summed E-state index contributed by atoms with van der Waals surface area (Å²) in [7, 11) is 0. The van der Waals surface area contributed by atoms with Crippen LogP contribution in [0.1, 0.15) is 31.4 Å². The molecule has 3 unspecified atom stereocenters. The fourth-order valence-electron chi connectivity index (χ4n) is 2.68. The van der Waals surface area contributed by atoms with E-state index in [2.05, 4.69) is 0 Å². The molecule has 100 valence electrons. The molecule has 19 heavy (non-hydrogen) atoms. The number of fused-ring (bicyclic) bond motifs is 2. The molecule has 2 saturated heterocycles. The van der Waals surface area contributed by atoms with Crippen molar-refractivity contribution in [2.24, 2.45) is 0 Å². The number of aliphatic hydroxyl groups excluding tert-OH is 1. The number of hydrogen-bond donors (Lipinski definition) is 1. The number of para-hydroxylation sites is 1. The summed E-state index contributed by atoms with van der Waals surface area (Å²) in [5.74, 6) is -0.654. The van der Waals surface area contributed by atoms with Crippen LogP contribution in [0.15, 0.2) is 24.3 Å². The second kappa shape index (κ2) is 4.43. The van der Waals surface area contributed by atoms with Gasteiger partial charge in [0, 0.05) is 5.56 Å². The topological polar surface area (TPSA) is 66.8 Å². The molecule has 0 aromatic heterocycles. The summed E-state index contributed by atoms with van der Waals surface area (Å²) in [5, 5.41) is 9.77. The standard InChI is InChI=1S/C14H15NO4/c1-8(16)9-4-2-3-5-10(9)15-13(17)11-6-7-12(19-11)14(15)18/h2-5,8,11-12,16H,6-7H2,1H3. The SMILES string of the molecule is CC(O)c1ccccc1N1C(=O)C2CCC(O2)C1=O. The fourth-order valence-corrected chi connectivity index (χ4v) is 2.68. The quantitative estimate of drug-likeness (QED) is 0.811. The molecule has 2 aliphatic heterocycles. The lowest BCUT2D eigenvalue weighted by Crippen LogP contribution is -2.52. The lowest BCUT2D eigenvalue weighted by atomic mass is 10.1. The predicted octanol–water partition coefficient (Wildman–Crippen LogP) is 1.16. The molecule has 3 atom stereocenters. The minimum absolute atomic E-state index is 0.327. The van der Waals surface area contributed by atoms with Gasteiger partial charge in [0.05, 0.1) is 11.8 Å². The average Bonchev–Trinajstić information content (AvgIpc) is 2.84. The molecule has 0 radical (unpaired) electrons. The Morgan fingerprint density at radius 2 is 1.79 bits per heavy atom. The summed E-state index contributed by atoms with van der Waals surface area (Å²) in [6, 6.07) is 6.93. The van der Waals surface area contributed by atoms with E-state index in [0.717, 1.165) is 0 Å². The molecule has 0 spiro atoms. The fraction of sp³-hybridized carbons (Fsp3) is 0.429. The first-order valence-electron chi connectivity index (χ1n) is 6.40. The van der Waals surface area contributed by atoms with Gasteiger partial charge in [0.15, 0.2) is 0 Å². The van der Waals surface area contributed by atoms with Crippen LogP contribution in [-0.4, -0.2) is 29.1 Å². The molecule has 2 fully saturated rings. The lowest BCUT2D eigenvalue weighted by Gasteiger charge is -2.31. The Morgan fingerprint density at radius 3 is 2.37 bits per heavy atom. The molecule has 5 heteroatoms. The van der Waals surface area contributed by atoms with Crippen molar-refractivity contribution in [1.29, 1.82) is 0 Å². The number of morpholine rings is 1. The van der Waals surface area contributed by atoms with Crippen molar-refractivity contribution in [3.63, 3.8) is 0 Å². The van der Waals surface area contributed by atoms with Crippen molar-refractivity contribution in [2.45, 2.75) is 38.1 Å². The average molecular weight is 261 g/mol. The molecule has 1 aromatic rings. The third kappa shape index (κ3) is 1.86. The number of hydrogen-bond acceptors (Lipinski definition) is 4. The number of ether oxygens (including phenoxy) is 1. The Labute approximate surface area is 110 Å². The van der Waals surface area contributed by atoms with E-state index >= 15 is 0 Å². The van der Waals surface area contributed by atoms with E-state index in [0.29, 0.717) is 24.1 Å². The van der Waals surface area contributed by atoms with Gasteiger partial charge in [0.2, 0.25) is 0 Å². The third-order valence-corrected chi connectivity index (χ3v) is 3.64. The van der Waals surface area contributed by atoms with Crippen molar-refractivity contribution in [2.75, 3.05) is 4.90 Å². The molecule has 0 aliphatic carbocycles. The number of carbonyl (C=O) groups excluding carboxylic acids is 2. The van der Waals surface area contributed by atoms with Gasteiger partial charge in [0.25, 0.3) is 11.8 Å². The van der Waals surface area contributed by atoms with Gasteiger partial charge in [-0.2, -0.15) is 0 Å². The number of benzene rings is 1. The van der Waals surface area contributed by atoms with Gasteiger partial charge in [-0.1, -0.05) is 18.2 Å². The molecular weight excluding hydrogens is 246 g/mol. The van der Waals surface area contributed by atoms with Gasteiger partial charge in [-0.05, 0) is 25.8 Å². The van der Waals surface area contributed by atoms with Gasteiger partial charge < -0.3 is 9.84 Å². The number of carbonyl (C=O) groups is 2. The van der Waals surface area contributed by atoms with Crippen LogP contribution in [0.5, 0.6) is 0 Å². The summed E-state index contributed by atoms with van der Waals surface area (Å²) in [5.41, 5.74) is 1.04. The molecular formula is C14H15NO4. The zero-order chi connectivity index (χ0) is 13.6. The Bertz CT molecular complexity index is 518. The van der Waals surface area contributed by atoms with Crippen molar-refractivity contribution < 1.29 is 19.4 Å². The van der Waals surface area contributed by atoms with Crippen LogP contribution in [0.25, 0.3) is 0 Å². The summed E-state index contributed by atoms with van der Waals surface area (Å²) < 4.78 is 5.37. The van der Waals surface area contributed by atoms with Crippen molar-refractivity contribution in [3.8, 4) is 0 Å². The van der Waals surface area contributed by atoms with Crippen molar-refractivity contribution in [3.05, 3.63) is 29.8 Å². The Morgan fingerprint density at radius 1 is 1.21 bits per heavy atom. The Hall–Kier alpha value is -1.72. The highest BCUT2D eigenvalue weighted by Gasteiger charge is 2.47. The molecule has 0 saturated carbocycles. The first-order chi connectivity index (χ1) is 9.09. The molecule has 5 nitrogen and oxygen atoms in total. The molecule has 1 N–H and O–H groups in total. The van der Waals surface area contributed by atoms with Crippen molar-refractivity contribution in [1.82, 2.24) is 0 Å². The smallest absolute Gasteiger partial charge is 0.262 e. The van der Waals surface area contributed by atoms with Gasteiger partial charge in [0.1, 0.15) is 12.2 Å². The van der Waals surface area contributed by atoms with Crippen LogP contribution in [0.4, 0.5) is 5.69 Å². The second-order valence-electron chi connectivity index (χ2n) is 4.94. The number of nitrogens with zero attached hydrogens (tertiary/aromatic N) is 1. The molecule has 1 aromatic carbocycles. The van der Waals surface area contributed by atoms with Gasteiger partial charge >= 0.3 is 0 Å². The largest absolute Gasteiger partial charge is 0.389 e. The first-order valence-corrected chi connectivity index (χ1v) is 6.40. The third-order valence-electron chi connectivity index (χ3n) is 3.64. The Balaban J connectivity index is 2.06. The second-order valence-corrected chi connectivity index (χ2v) is 4.94. The van der Waals surface area contributed by atoms with Crippen LogP contribution in [0.3, 0.4) is 0 Å². The van der Waals surface area contributed by atoms with E-state index < -0.39 is 18.3 Å².